The zero-order valence-electron chi connectivity index (χ0n) is 16.7. The maximum atomic E-state index is 14.9. The molecule has 0 radical (unpaired) electrons. The second-order valence-corrected chi connectivity index (χ2v) is 9.89. The third-order valence-electron chi connectivity index (χ3n) is 4.47. The summed E-state index contributed by atoms with van der Waals surface area (Å²) in [5.41, 5.74) is 0.772. The molecule has 31 heavy (non-hydrogen) atoms. The predicted octanol–water partition coefficient (Wildman–Crippen LogP) is 3.15. The number of hydrogen-bond acceptors (Lipinski definition) is 8. The molecule has 1 fully saturated rings. The van der Waals surface area contributed by atoms with Crippen LogP contribution in [0.3, 0.4) is 0 Å². The van der Waals surface area contributed by atoms with Crippen molar-refractivity contribution in [1.29, 1.82) is 0 Å². The number of rotatable bonds is 5. The molecule has 1 aromatic heterocycles. The topological polar surface area (TPSA) is 106 Å². The number of anilines is 2. The smallest absolute Gasteiger partial charge is 0.150 e. The Labute approximate surface area is 177 Å². The third kappa shape index (κ3) is 4.89. The fourth-order valence-electron chi connectivity index (χ4n) is 3.15. The van der Waals surface area contributed by atoms with Crippen molar-refractivity contribution in [2.45, 2.75) is 12.2 Å². The summed E-state index contributed by atoms with van der Waals surface area (Å²) in [5.74, 6) is -0.957. The Kier molecular flexibility index (Phi) is 5.73. The summed E-state index contributed by atoms with van der Waals surface area (Å²) in [6.07, 6.45) is 2.63. The largest absolute Gasteiger partial charge is 0.483 e. The van der Waals surface area contributed by atoms with Crippen LogP contribution in [0.15, 0.2) is 41.0 Å². The summed E-state index contributed by atoms with van der Waals surface area (Å²) in [6.45, 7) is 0.284. The molecule has 2 atom stereocenters. The van der Waals surface area contributed by atoms with Gasteiger partial charge in [-0.3, -0.25) is 0 Å². The van der Waals surface area contributed by atoms with Crippen LogP contribution in [0.25, 0.3) is 10.9 Å². The van der Waals surface area contributed by atoms with E-state index in [1.807, 2.05) is 0 Å². The minimum atomic E-state index is -2.48. The van der Waals surface area contributed by atoms with Crippen molar-refractivity contribution >= 4 is 37.8 Å². The molecule has 1 aliphatic heterocycles. The summed E-state index contributed by atoms with van der Waals surface area (Å²) < 4.78 is 55.6. The van der Waals surface area contributed by atoms with E-state index in [4.69, 9.17) is 9.47 Å². The van der Waals surface area contributed by atoms with Crippen LogP contribution >= 0.6 is 0 Å². The fraction of sp³-hybridized carbons (Fsp3) is 0.300. The van der Waals surface area contributed by atoms with Gasteiger partial charge < -0.3 is 19.9 Å². The lowest BCUT2D eigenvalue weighted by molar-refractivity contribution is 0.0736. The van der Waals surface area contributed by atoms with E-state index >= 15 is 0 Å². The zero-order valence-corrected chi connectivity index (χ0v) is 17.5. The highest BCUT2D eigenvalue weighted by Gasteiger charge is 2.29. The van der Waals surface area contributed by atoms with Crippen molar-refractivity contribution < 1.29 is 27.6 Å². The van der Waals surface area contributed by atoms with Gasteiger partial charge in [0.25, 0.3) is 0 Å². The molecule has 0 spiro atoms. The molecule has 1 saturated heterocycles. The minimum absolute atomic E-state index is 0.0830. The first kappa shape index (κ1) is 21.3. The monoisotopic (exact) mass is 450 g/mol. The fourth-order valence-corrected chi connectivity index (χ4v) is 3.77. The first-order valence-electron chi connectivity index (χ1n) is 9.30. The summed E-state index contributed by atoms with van der Waals surface area (Å²) >= 11 is 0. The van der Waals surface area contributed by atoms with E-state index in [1.165, 1.54) is 37.0 Å². The van der Waals surface area contributed by atoms with Crippen molar-refractivity contribution in [3.05, 3.63) is 48.3 Å². The average molecular weight is 450 g/mol. The number of nitrogens with zero attached hydrogens (tertiary/aromatic N) is 3. The van der Waals surface area contributed by atoms with Crippen molar-refractivity contribution in [2.24, 2.45) is 4.36 Å². The Morgan fingerprint density at radius 3 is 2.74 bits per heavy atom. The van der Waals surface area contributed by atoms with E-state index in [2.05, 4.69) is 19.6 Å². The van der Waals surface area contributed by atoms with Gasteiger partial charge in [-0.2, -0.15) is 4.36 Å². The van der Waals surface area contributed by atoms with Crippen molar-refractivity contribution in [3.63, 3.8) is 0 Å². The molecule has 0 unspecified atom stereocenters. The van der Waals surface area contributed by atoms with Crippen LogP contribution < -0.4 is 10.1 Å². The lowest BCUT2D eigenvalue weighted by Gasteiger charge is -2.19. The van der Waals surface area contributed by atoms with Crippen molar-refractivity contribution in [3.8, 4) is 5.75 Å². The summed E-state index contributed by atoms with van der Waals surface area (Å²) in [7, 11) is -2.48. The van der Waals surface area contributed by atoms with E-state index < -0.39 is 33.6 Å². The van der Waals surface area contributed by atoms with Gasteiger partial charge in [0.05, 0.1) is 35.5 Å². The summed E-state index contributed by atoms with van der Waals surface area (Å²) in [5, 5.41) is 13.0. The normalized spacial score (nSPS) is 18.9. The predicted molar refractivity (Wildman–Crippen MR) is 112 cm³/mol. The van der Waals surface area contributed by atoms with Gasteiger partial charge in [-0.05, 0) is 18.2 Å². The number of fused-ring (bicyclic) bond motifs is 1. The van der Waals surface area contributed by atoms with E-state index in [-0.39, 0.29) is 41.4 Å². The molecule has 4 rings (SSSR count). The number of halogens is 2. The lowest BCUT2D eigenvalue weighted by Crippen LogP contribution is -2.30. The Balaban J connectivity index is 1.73. The van der Waals surface area contributed by atoms with Crippen LogP contribution in [0.5, 0.6) is 5.75 Å². The Morgan fingerprint density at radius 2 is 2.03 bits per heavy atom. The van der Waals surface area contributed by atoms with Crippen LogP contribution in [0.1, 0.15) is 0 Å². The number of aliphatic hydroxyl groups is 1. The lowest BCUT2D eigenvalue weighted by atomic mass is 10.2. The highest BCUT2D eigenvalue weighted by molar-refractivity contribution is 7.92. The highest BCUT2D eigenvalue weighted by atomic mass is 32.2. The maximum absolute atomic E-state index is 14.9. The van der Waals surface area contributed by atoms with Gasteiger partial charge in [-0.1, -0.05) is 0 Å². The van der Waals surface area contributed by atoms with E-state index in [0.29, 0.717) is 5.69 Å². The van der Waals surface area contributed by atoms with Crippen molar-refractivity contribution in [2.75, 3.05) is 31.0 Å². The average Bonchev–Trinajstić information content (AvgIpc) is 3.07. The van der Waals surface area contributed by atoms with Crippen molar-refractivity contribution in [1.82, 2.24) is 9.97 Å². The molecule has 0 amide bonds. The molecule has 2 heterocycles. The van der Waals surface area contributed by atoms with Gasteiger partial charge in [-0.25, -0.2) is 23.0 Å². The second-order valence-electron chi connectivity index (χ2n) is 7.34. The van der Waals surface area contributed by atoms with Gasteiger partial charge in [0.1, 0.15) is 35.6 Å². The third-order valence-corrected chi connectivity index (χ3v) is 5.13. The molecule has 8 nitrogen and oxygen atoms in total. The number of aliphatic hydroxyl groups excluding tert-OH is 1. The van der Waals surface area contributed by atoms with Crippen LogP contribution in [-0.2, 0) is 14.5 Å². The van der Waals surface area contributed by atoms with E-state index in [1.54, 1.807) is 0 Å². The number of aromatic nitrogens is 2. The quantitative estimate of drug-likeness (QED) is 0.615. The molecule has 164 valence electrons. The van der Waals surface area contributed by atoms with Crippen LogP contribution in [0.2, 0.25) is 0 Å². The number of ether oxygens (including phenoxy) is 2. The van der Waals surface area contributed by atoms with Gasteiger partial charge in [0, 0.05) is 34.4 Å². The van der Waals surface area contributed by atoms with E-state index in [0.717, 1.165) is 12.1 Å². The van der Waals surface area contributed by atoms with Gasteiger partial charge >= 0.3 is 0 Å². The molecule has 0 aliphatic carbocycles. The second kappa shape index (κ2) is 8.33. The number of nitrogens with one attached hydrogen (secondary N) is 1. The summed E-state index contributed by atoms with van der Waals surface area (Å²) in [4.78, 5) is 8.18. The van der Waals surface area contributed by atoms with Gasteiger partial charge in [0.2, 0.25) is 0 Å². The number of hydrogen-bond donors (Lipinski definition) is 2. The SMILES string of the molecule is CS(C)(=O)=Nc1cc(F)c2c(Nc3ccc(F)cc3O[C@H]3COC[C@H]3O)ncnc2c1. The molecule has 0 bridgehead atoms. The molecular weight excluding hydrogens is 430 g/mol. The minimum Gasteiger partial charge on any atom is -0.483 e. The first-order chi connectivity index (χ1) is 14.7. The molecule has 1 aliphatic rings. The molecule has 3 aromatic rings. The standard InChI is InChI=1S/C20H20F2N4O4S/c1-31(2,28)26-12-6-13(22)19-15(7-12)23-10-24-20(19)25-14-4-3-11(21)5-17(14)30-18-9-29-8-16(18)27/h3-7,10,16,18,27H,8-9H2,1-2H3,(H,23,24,25)/t16-,18+/m1/s1. The maximum Gasteiger partial charge on any atom is 0.150 e. The van der Waals surface area contributed by atoms with Gasteiger partial charge in [0.15, 0.2) is 6.10 Å². The van der Waals surface area contributed by atoms with Crippen LogP contribution in [0.4, 0.5) is 26.0 Å². The highest BCUT2D eigenvalue weighted by Crippen LogP contribution is 2.34. The van der Waals surface area contributed by atoms with E-state index in [9.17, 15) is 18.1 Å². The van der Waals surface area contributed by atoms with Crippen LogP contribution in [-0.4, -0.2) is 57.2 Å². The zero-order chi connectivity index (χ0) is 22.2. The number of benzene rings is 2. The Morgan fingerprint density at radius 1 is 1.23 bits per heavy atom. The molecule has 11 heteroatoms. The Bertz CT molecular complexity index is 1260. The molecule has 2 N–H and O–H groups in total. The molecule has 0 saturated carbocycles. The molecule has 2 aromatic carbocycles. The molecular formula is C20H20F2N4O4S. The van der Waals surface area contributed by atoms with Crippen LogP contribution in [0, 0.1) is 11.6 Å². The summed E-state index contributed by atoms with van der Waals surface area (Å²) in [6, 6.07) is 6.45. The van der Waals surface area contributed by atoms with Gasteiger partial charge in [-0.15, -0.1) is 0 Å². The Hall–Kier alpha value is -2.89. The first-order valence-corrected chi connectivity index (χ1v) is 11.6.